The standard InChI is InChI=1S/C22H16Cl3N3O3/c23-20(29)26-16-7-1-13(2-8-16)19(14-3-9-17(10-4-14)27-21(24)30)15-5-11-18(12-6-15)28-22(25)31/h1-12,19H,(H,26,29)(H,27,30)(H,28,31). The third-order valence-electron chi connectivity index (χ3n) is 4.46. The fraction of sp³-hybridized carbons (Fsp3) is 0.0455. The first-order chi connectivity index (χ1) is 14.8. The molecular formula is C22H16Cl3N3O3. The summed E-state index contributed by atoms with van der Waals surface area (Å²) in [6.45, 7) is 0. The van der Waals surface area contributed by atoms with Crippen LogP contribution in [0.1, 0.15) is 22.6 Å². The monoisotopic (exact) mass is 475 g/mol. The van der Waals surface area contributed by atoms with Crippen molar-refractivity contribution in [2.45, 2.75) is 5.92 Å². The summed E-state index contributed by atoms with van der Waals surface area (Å²) in [5, 5.41) is 5.56. The molecule has 0 saturated carbocycles. The van der Waals surface area contributed by atoms with E-state index < -0.39 is 16.1 Å². The summed E-state index contributed by atoms with van der Waals surface area (Å²) < 4.78 is 0. The molecule has 0 aliphatic carbocycles. The smallest absolute Gasteiger partial charge is 0.312 e. The van der Waals surface area contributed by atoms with Crippen molar-refractivity contribution in [1.82, 2.24) is 0 Å². The Bertz CT molecular complexity index is 944. The molecule has 0 aliphatic heterocycles. The Kier molecular flexibility index (Phi) is 7.52. The van der Waals surface area contributed by atoms with Gasteiger partial charge in [0, 0.05) is 23.0 Å². The number of amides is 3. The highest BCUT2D eigenvalue weighted by molar-refractivity contribution is 6.66. The van der Waals surface area contributed by atoms with Gasteiger partial charge in [0.05, 0.1) is 0 Å². The van der Waals surface area contributed by atoms with E-state index in [1.165, 1.54) is 0 Å². The number of benzene rings is 3. The fourth-order valence-electron chi connectivity index (χ4n) is 3.19. The van der Waals surface area contributed by atoms with Gasteiger partial charge in [-0.05, 0) is 87.9 Å². The maximum atomic E-state index is 11.1. The lowest BCUT2D eigenvalue weighted by Crippen LogP contribution is -2.06. The Hall–Kier alpha value is -3.06. The minimum absolute atomic E-state index is 0.165. The number of hydrogen-bond acceptors (Lipinski definition) is 3. The minimum Gasteiger partial charge on any atom is -0.312 e. The zero-order valence-corrected chi connectivity index (χ0v) is 18.1. The molecule has 0 fully saturated rings. The van der Waals surface area contributed by atoms with Gasteiger partial charge in [-0.25, -0.2) is 0 Å². The number of anilines is 3. The number of nitrogens with one attached hydrogen (secondary N) is 3. The summed E-state index contributed by atoms with van der Waals surface area (Å²) in [6.07, 6.45) is 0. The highest BCUT2D eigenvalue weighted by Crippen LogP contribution is 2.34. The zero-order chi connectivity index (χ0) is 22.4. The summed E-state index contributed by atoms with van der Waals surface area (Å²) in [7, 11) is 0. The number of carbonyl (C=O) groups is 3. The molecule has 0 aromatic heterocycles. The van der Waals surface area contributed by atoms with Crippen LogP contribution in [-0.2, 0) is 0 Å². The van der Waals surface area contributed by atoms with Crippen LogP contribution in [0.15, 0.2) is 72.8 Å². The van der Waals surface area contributed by atoms with Crippen LogP contribution in [0.3, 0.4) is 0 Å². The third kappa shape index (κ3) is 6.46. The lowest BCUT2D eigenvalue weighted by Gasteiger charge is -2.20. The van der Waals surface area contributed by atoms with Gasteiger partial charge in [0.2, 0.25) is 0 Å². The van der Waals surface area contributed by atoms with E-state index in [-0.39, 0.29) is 5.92 Å². The molecule has 0 heterocycles. The van der Waals surface area contributed by atoms with Gasteiger partial charge in [-0.1, -0.05) is 36.4 Å². The van der Waals surface area contributed by atoms with Crippen LogP contribution in [-0.4, -0.2) is 16.1 Å². The molecule has 9 heteroatoms. The predicted octanol–water partition coefficient (Wildman–Crippen LogP) is 7.18. The Morgan fingerprint density at radius 2 is 0.710 bits per heavy atom. The van der Waals surface area contributed by atoms with Crippen LogP contribution in [0, 0.1) is 0 Å². The normalized spacial score (nSPS) is 10.5. The van der Waals surface area contributed by atoms with Crippen molar-refractivity contribution in [3.63, 3.8) is 0 Å². The molecule has 3 amide bonds. The van der Waals surface area contributed by atoms with Crippen molar-refractivity contribution in [3.05, 3.63) is 89.5 Å². The summed E-state index contributed by atoms with van der Waals surface area (Å²) in [6, 6.07) is 21.8. The molecule has 0 saturated heterocycles. The van der Waals surface area contributed by atoms with Crippen LogP contribution in [0.2, 0.25) is 0 Å². The topological polar surface area (TPSA) is 87.3 Å². The van der Waals surface area contributed by atoms with Crippen molar-refractivity contribution in [2.24, 2.45) is 0 Å². The van der Waals surface area contributed by atoms with Gasteiger partial charge in [-0.15, -0.1) is 0 Å². The maximum absolute atomic E-state index is 11.1. The molecule has 3 N–H and O–H groups in total. The van der Waals surface area contributed by atoms with Crippen molar-refractivity contribution < 1.29 is 14.4 Å². The first kappa shape index (κ1) is 22.6. The van der Waals surface area contributed by atoms with Crippen molar-refractivity contribution in [3.8, 4) is 0 Å². The van der Waals surface area contributed by atoms with E-state index in [1.54, 1.807) is 36.4 Å². The molecule has 0 bridgehead atoms. The van der Waals surface area contributed by atoms with Gasteiger partial charge in [-0.2, -0.15) is 0 Å². The molecule has 0 spiro atoms. The van der Waals surface area contributed by atoms with Gasteiger partial charge >= 0.3 is 16.1 Å². The number of rotatable bonds is 6. The number of hydrogen-bond donors (Lipinski definition) is 3. The largest absolute Gasteiger partial charge is 0.318 e. The van der Waals surface area contributed by atoms with Gasteiger partial charge in [0.15, 0.2) is 0 Å². The number of carbonyl (C=O) groups excluding carboxylic acids is 3. The van der Waals surface area contributed by atoms with E-state index in [9.17, 15) is 14.4 Å². The van der Waals surface area contributed by atoms with Gasteiger partial charge in [0.25, 0.3) is 0 Å². The van der Waals surface area contributed by atoms with Gasteiger partial charge in [0.1, 0.15) is 0 Å². The molecule has 6 nitrogen and oxygen atoms in total. The minimum atomic E-state index is -0.668. The Morgan fingerprint density at radius 3 is 0.903 bits per heavy atom. The zero-order valence-electron chi connectivity index (χ0n) is 15.9. The van der Waals surface area contributed by atoms with E-state index in [2.05, 4.69) is 16.0 Å². The Balaban J connectivity index is 1.98. The Labute approximate surface area is 193 Å². The van der Waals surface area contributed by atoms with Crippen LogP contribution in [0.4, 0.5) is 31.4 Å². The predicted molar refractivity (Wildman–Crippen MR) is 125 cm³/mol. The van der Waals surface area contributed by atoms with Crippen LogP contribution in [0.25, 0.3) is 0 Å². The highest BCUT2D eigenvalue weighted by atomic mass is 35.5. The van der Waals surface area contributed by atoms with Crippen LogP contribution >= 0.6 is 34.8 Å². The Morgan fingerprint density at radius 1 is 0.484 bits per heavy atom. The molecule has 0 unspecified atom stereocenters. The first-order valence-electron chi connectivity index (χ1n) is 9.01. The van der Waals surface area contributed by atoms with Crippen LogP contribution in [0.5, 0.6) is 0 Å². The van der Waals surface area contributed by atoms with Crippen molar-refractivity contribution >= 4 is 68.0 Å². The average Bonchev–Trinajstić information content (AvgIpc) is 2.71. The quantitative estimate of drug-likeness (QED) is 0.200. The second-order valence-electron chi connectivity index (χ2n) is 6.50. The van der Waals surface area contributed by atoms with E-state index >= 15 is 0 Å². The molecule has 3 aromatic carbocycles. The fourth-order valence-corrected chi connectivity index (χ4v) is 3.52. The first-order valence-corrected chi connectivity index (χ1v) is 10.1. The lowest BCUT2D eigenvalue weighted by molar-refractivity contribution is 0.268. The molecule has 3 aromatic rings. The summed E-state index contributed by atoms with van der Waals surface area (Å²) in [5.41, 5.74) is 4.58. The maximum Gasteiger partial charge on any atom is 0.318 e. The lowest BCUT2D eigenvalue weighted by atomic mass is 9.85. The SMILES string of the molecule is O=C(Cl)Nc1ccc(C(c2ccc(NC(=O)Cl)cc2)c2ccc(NC(=O)Cl)cc2)cc1. The summed E-state index contributed by atoms with van der Waals surface area (Å²) in [4.78, 5) is 33.2. The van der Waals surface area contributed by atoms with E-state index in [0.29, 0.717) is 17.1 Å². The van der Waals surface area contributed by atoms with Crippen molar-refractivity contribution in [1.29, 1.82) is 0 Å². The molecule has 31 heavy (non-hydrogen) atoms. The second-order valence-corrected chi connectivity index (χ2v) is 7.53. The molecule has 0 radical (unpaired) electrons. The van der Waals surface area contributed by atoms with Crippen LogP contribution < -0.4 is 16.0 Å². The van der Waals surface area contributed by atoms with E-state index in [4.69, 9.17) is 34.8 Å². The third-order valence-corrected chi connectivity index (χ3v) is 4.74. The van der Waals surface area contributed by atoms with Crippen molar-refractivity contribution in [2.75, 3.05) is 16.0 Å². The average molecular weight is 477 g/mol. The molecule has 0 atom stereocenters. The highest BCUT2D eigenvalue weighted by Gasteiger charge is 2.17. The molecule has 0 aliphatic rings. The van der Waals surface area contributed by atoms with Gasteiger partial charge < -0.3 is 16.0 Å². The van der Waals surface area contributed by atoms with E-state index in [1.807, 2.05) is 36.4 Å². The molecule has 158 valence electrons. The molecular weight excluding hydrogens is 461 g/mol. The summed E-state index contributed by atoms with van der Waals surface area (Å²) in [5.74, 6) is -0.165. The number of halogens is 3. The van der Waals surface area contributed by atoms with E-state index in [0.717, 1.165) is 16.7 Å². The molecule has 3 rings (SSSR count). The van der Waals surface area contributed by atoms with Gasteiger partial charge in [-0.3, -0.25) is 14.4 Å². The second kappa shape index (κ2) is 10.3. The summed E-state index contributed by atoms with van der Waals surface area (Å²) >= 11 is 16.1.